The standard InChI is InChI=1S/C9H9NO3/c11-7-2-1-5(4-8(7)12)3-6-9(13)10-6/h1-2,4,6,11-12H,3H2,(H,10,13). The molecule has 68 valence electrons. The number of carbonyl (C=O) groups is 1. The molecule has 2 rings (SSSR count). The van der Waals surface area contributed by atoms with Gasteiger partial charge in [-0.3, -0.25) is 4.79 Å². The molecule has 1 amide bonds. The van der Waals surface area contributed by atoms with Gasteiger partial charge in [-0.05, 0) is 17.7 Å². The topological polar surface area (TPSA) is 79.5 Å². The van der Waals surface area contributed by atoms with Gasteiger partial charge in [0.15, 0.2) is 11.5 Å². The smallest absolute Gasteiger partial charge is 0.243 e. The van der Waals surface area contributed by atoms with Crippen LogP contribution in [0.1, 0.15) is 5.56 Å². The molecule has 4 nitrogen and oxygen atoms in total. The summed E-state index contributed by atoms with van der Waals surface area (Å²) in [5, 5.41) is 20.8. The van der Waals surface area contributed by atoms with Crippen molar-refractivity contribution in [1.29, 1.82) is 0 Å². The lowest BCUT2D eigenvalue weighted by Crippen LogP contribution is -1.96. The molecule has 0 spiro atoms. The number of rotatable bonds is 2. The molecule has 4 heteroatoms. The second-order valence-electron chi connectivity index (χ2n) is 3.09. The van der Waals surface area contributed by atoms with E-state index in [1.807, 2.05) is 0 Å². The molecule has 1 aliphatic rings. The minimum absolute atomic E-state index is 0.0348. The highest BCUT2D eigenvalue weighted by atomic mass is 16.3. The molecule has 1 aromatic carbocycles. The van der Waals surface area contributed by atoms with E-state index in [9.17, 15) is 4.79 Å². The van der Waals surface area contributed by atoms with Gasteiger partial charge >= 0.3 is 0 Å². The van der Waals surface area contributed by atoms with Crippen LogP contribution in [0, 0.1) is 0 Å². The first-order valence-electron chi connectivity index (χ1n) is 3.98. The molecule has 1 heterocycles. The minimum Gasteiger partial charge on any atom is -0.504 e. The van der Waals surface area contributed by atoms with E-state index >= 15 is 0 Å². The summed E-state index contributed by atoms with van der Waals surface area (Å²) in [6, 6.07) is 4.45. The molecule has 1 aromatic rings. The lowest BCUT2D eigenvalue weighted by Gasteiger charge is -2.00. The lowest BCUT2D eigenvalue weighted by atomic mass is 10.1. The van der Waals surface area contributed by atoms with Crippen molar-refractivity contribution in [2.45, 2.75) is 12.5 Å². The summed E-state index contributed by atoms with van der Waals surface area (Å²) in [6.07, 6.45) is 0.562. The van der Waals surface area contributed by atoms with Gasteiger partial charge in [0.2, 0.25) is 5.91 Å². The Hall–Kier alpha value is -1.71. The Morgan fingerprint density at radius 1 is 1.31 bits per heavy atom. The highest BCUT2D eigenvalue weighted by Crippen LogP contribution is 2.26. The Balaban J connectivity index is 2.13. The molecule has 3 N–H and O–H groups in total. The number of carbonyl (C=O) groups excluding carboxylic acids is 1. The van der Waals surface area contributed by atoms with Crippen LogP contribution in [0.2, 0.25) is 0 Å². The molecule has 1 aliphatic heterocycles. The maximum atomic E-state index is 10.6. The molecule has 1 atom stereocenters. The Morgan fingerprint density at radius 2 is 2.00 bits per heavy atom. The summed E-state index contributed by atoms with van der Waals surface area (Å²) in [7, 11) is 0. The monoisotopic (exact) mass is 179 g/mol. The van der Waals surface area contributed by atoms with Gasteiger partial charge in [0.25, 0.3) is 0 Å². The van der Waals surface area contributed by atoms with Crippen LogP contribution in [-0.2, 0) is 11.2 Å². The van der Waals surface area contributed by atoms with E-state index in [1.54, 1.807) is 6.07 Å². The van der Waals surface area contributed by atoms with Crippen LogP contribution in [0.4, 0.5) is 0 Å². The summed E-state index contributed by atoms with van der Waals surface area (Å²) < 4.78 is 0. The third-order valence-electron chi connectivity index (χ3n) is 2.03. The maximum absolute atomic E-state index is 10.6. The van der Waals surface area contributed by atoms with Gasteiger partial charge in [0.05, 0.1) is 0 Å². The molecule has 0 aliphatic carbocycles. The maximum Gasteiger partial charge on any atom is 0.243 e. The Kier molecular flexibility index (Phi) is 1.62. The van der Waals surface area contributed by atoms with Gasteiger partial charge in [-0.25, -0.2) is 0 Å². The van der Waals surface area contributed by atoms with Crippen molar-refractivity contribution >= 4 is 5.91 Å². The van der Waals surface area contributed by atoms with Gasteiger partial charge in [0, 0.05) is 6.42 Å². The largest absolute Gasteiger partial charge is 0.504 e. The van der Waals surface area contributed by atoms with Crippen LogP contribution in [-0.4, -0.2) is 22.2 Å². The number of aromatic hydroxyl groups is 2. The predicted octanol–water partition coefficient (Wildman–Crippen LogP) is 0.139. The highest BCUT2D eigenvalue weighted by Gasteiger charge is 2.33. The summed E-state index contributed by atoms with van der Waals surface area (Å²) in [6.45, 7) is 0. The van der Waals surface area contributed by atoms with Gasteiger partial charge in [0.1, 0.15) is 6.04 Å². The van der Waals surface area contributed by atoms with Gasteiger partial charge in [-0.2, -0.15) is 0 Å². The molecule has 1 fully saturated rings. The van der Waals surface area contributed by atoms with Crippen molar-refractivity contribution in [3.05, 3.63) is 23.8 Å². The second-order valence-corrected chi connectivity index (χ2v) is 3.09. The van der Waals surface area contributed by atoms with Gasteiger partial charge in [-0.15, -0.1) is 0 Å². The second kappa shape index (κ2) is 2.65. The number of hydrogen-bond donors (Lipinski definition) is 3. The number of phenolic OH excluding ortho intramolecular Hbond substituents is 2. The van der Waals surface area contributed by atoms with Crippen molar-refractivity contribution in [3.63, 3.8) is 0 Å². The zero-order valence-corrected chi connectivity index (χ0v) is 6.82. The molecule has 0 aromatic heterocycles. The average molecular weight is 179 g/mol. The minimum atomic E-state index is -0.148. The summed E-state index contributed by atoms with van der Waals surface area (Å²) >= 11 is 0. The number of hydrogen-bond acceptors (Lipinski definition) is 3. The Bertz CT molecular complexity index is 362. The van der Waals surface area contributed by atoms with Crippen LogP contribution in [0.25, 0.3) is 0 Å². The number of phenols is 2. The van der Waals surface area contributed by atoms with Crippen LogP contribution in [0.15, 0.2) is 18.2 Å². The fourth-order valence-corrected chi connectivity index (χ4v) is 1.21. The SMILES string of the molecule is O=C1NC1Cc1ccc(O)c(O)c1. The van der Waals surface area contributed by atoms with E-state index < -0.39 is 0 Å². The normalized spacial score (nSPS) is 19.7. The molecular weight excluding hydrogens is 170 g/mol. The van der Waals surface area contributed by atoms with E-state index in [2.05, 4.69) is 5.32 Å². The predicted molar refractivity (Wildman–Crippen MR) is 45.4 cm³/mol. The third kappa shape index (κ3) is 1.56. The van der Waals surface area contributed by atoms with Gasteiger partial charge < -0.3 is 15.5 Å². The third-order valence-corrected chi connectivity index (χ3v) is 2.03. The molecule has 0 bridgehead atoms. The summed E-state index contributed by atoms with van der Waals surface area (Å²) in [4.78, 5) is 10.6. The molecule has 1 saturated heterocycles. The lowest BCUT2D eigenvalue weighted by molar-refractivity contribution is -0.110. The zero-order chi connectivity index (χ0) is 9.42. The van der Waals surface area contributed by atoms with E-state index in [1.165, 1.54) is 12.1 Å². The number of benzene rings is 1. The molecule has 13 heavy (non-hydrogen) atoms. The Morgan fingerprint density at radius 3 is 2.54 bits per heavy atom. The zero-order valence-electron chi connectivity index (χ0n) is 6.82. The van der Waals surface area contributed by atoms with Crippen LogP contribution >= 0.6 is 0 Å². The first-order valence-corrected chi connectivity index (χ1v) is 3.98. The van der Waals surface area contributed by atoms with E-state index in [0.717, 1.165) is 5.56 Å². The number of amides is 1. The molecule has 1 unspecified atom stereocenters. The van der Waals surface area contributed by atoms with Crippen molar-refractivity contribution < 1.29 is 15.0 Å². The summed E-state index contributed by atoms with van der Waals surface area (Å²) in [5.41, 5.74) is 0.832. The molecular formula is C9H9NO3. The first-order chi connectivity index (χ1) is 6.16. The summed E-state index contributed by atoms with van der Waals surface area (Å²) in [5.74, 6) is -0.253. The quantitative estimate of drug-likeness (QED) is 0.446. The van der Waals surface area contributed by atoms with Crippen molar-refractivity contribution in [3.8, 4) is 11.5 Å². The van der Waals surface area contributed by atoms with E-state index in [4.69, 9.17) is 10.2 Å². The molecule has 0 saturated carbocycles. The van der Waals surface area contributed by atoms with Crippen molar-refractivity contribution in [2.24, 2.45) is 0 Å². The Labute approximate surface area is 74.8 Å². The van der Waals surface area contributed by atoms with E-state index in [0.29, 0.717) is 6.42 Å². The fraction of sp³-hybridized carbons (Fsp3) is 0.222. The first kappa shape index (κ1) is 7.91. The fourth-order valence-electron chi connectivity index (χ4n) is 1.21. The van der Waals surface area contributed by atoms with Crippen molar-refractivity contribution in [2.75, 3.05) is 0 Å². The van der Waals surface area contributed by atoms with Crippen LogP contribution in [0.5, 0.6) is 11.5 Å². The highest BCUT2D eigenvalue weighted by molar-refractivity contribution is 5.96. The van der Waals surface area contributed by atoms with Crippen molar-refractivity contribution in [1.82, 2.24) is 5.32 Å². The van der Waals surface area contributed by atoms with Crippen LogP contribution in [0.3, 0.4) is 0 Å². The number of nitrogens with one attached hydrogen (secondary N) is 1. The van der Waals surface area contributed by atoms with Gasteiger partial charge in [-0.1, -0.05) is 6.07 Å². The molecule has 0 radical (unpaired) electrons. The average Bonchev–Trinajstić information content (AvgIpc) is 2.75. The van der Waals surface area contributed by atoms with Crippen LogP contribution < -0.4 is 5.32 Å². The van der Waals surface area contributed by atoms with E-state index in [-0.39, 0.29) is 23.4 Å².